The molecule has 1 heterocycles. The number of esters is 1. The highest BCUT2D eigenvalue weighted by molar-refractivity contribution is 5.79. The predicted molar refractivity (Wildman–Crippen MR) is 90.8 cm³/mol. The van der Waals surface area contributed by atoms with Crippen LogP contribution in [0.25, 0.3) is 0 Å². The molecule has 0 aliphatic carbocycles. The smallest absolute Gasteiger partial charge is 0.328 e. The standard InChI is InChI=1S/C17H22N4O4/c1-4-25-17(22)16(20-11(2)9-19-10-12(20)3)15-6-5-14(21(23)24)7-13(15)8-18/h5-7,11-12,16,19H,4,9-10H2,1-3H3. The Kier molecular flexibility index (Phi) is 6.07. The zero-order valence-electron chi connectivity index (χ0n) is 14.6. The molecule has 1 aromatic rings. The summed E-state index contributed by atoms with van der Waals surface area (Å²) in [5, 5.41) is 23.7. The molecule has 1 fully saturated rings. The van der Waals surface area contributed by atoms with Crippen molar-refractivity contribution in [2.24, 2.45) is 0 Å². The molecular formula is C17H22N4O4. The maximum absolute atomic E-state index is 12.7. The second kappa shape index (κ2) is 8.05. The number of piperazine rings is 1. The molecule has 1 saturated heterocycles. The fourth-order valence-electron chi connectivity index (χ4n) is 3.28. The van der Waals surface area contributed by atoms with Gasteiger partial charge in [0.05, 0.1) is 23.2 Å². The van der Waals surface area contributed by atoms with Crippen molar-refractivity contribution >= 4 is 11.7 Å². The highest BCUT2D eigenvalue weighted by atomic mass is 16.6. The molecule has 1 N–H and O–H groups in total. The van der Waals surface area contributed by atoms with Gasteiger partial charge in [0.25, 0.3) is 5.69 Å². The molecule has 3 atom stereocenters. The van der Waals surface area contributed by atoms with Crippen LogP contribution in [0.3, 0.4) is 0 Å². The van der Waals surface area contributed by atoms with E-state index >= 15 is 0 Å². The van der Waals surface area contributed by atoms with E-state index in [1.165, 1.54) is 18.2 Å². The van der Waals surface area contributed by atoms with Crippen LogP contribution < -0.4 is 5.32 Å². The van der Waals surface area contributed by atoms with Gasteiger partial charge in [0, 0.05) is 37.3 Å². The topological polar surface area (TPSA) is 108 Å². The molecule has 8 heteroatoms. The second-order valence-corrected chi connectivity index (χ2v) is 6.10. The summed E-state index contributed by atoms with van der Waals surface area (Å²) in [6.45, 7) is 7.34. The fourth-order valence-corrected chi connectivity index (χ4v) is 3.28. The zero-order valence-corrected chi connectivity index (χ0v) is 14.6. The average molecular weight is 346 g/mol. The number of nitro benzene ring substituents is 1. The molecule has 1 aliphatic heterocycles. The molecular weight excluding hydrogens is 324 g/mol. The lowest BCUT2D eigenvalue weighted by molar-refractivity contribution is -0.384. The average Bonchev–Trinajstić information content (AvgIpc) is 2.58. The normalized spacial score (nSPS) is 22.0. The van der Waals surface area contributed by atoms with Crippen molar-refractivity contribution in [2.75, 3.05) is 19.7 Å². The van der Waals surface area contributed by atoms with Gasteiger partial charge in [0.15, 0.2) is 0 Å². The summed E-state index contributed by atoms with van der Waals surface area (Å²) in [5.74, 6) is -0.451. The van der Waals surface area contributed by atoms with Gasteiger partial charge in [0.1, 0.15) is 6.04 Å². The number of hydrogen-bond donors (Lipinski definition) is 1. The number of nitrogens with zero attached hydrogens (tertiary/aromatic N) is 3. The van der Waals surface area contributed by atoms with E-state index in [0.29, 0.717) is 18.7 Å². The lowest BCUT2D eigenvalue weighted by Gasteiger charge is -2.43. The SMILES string of the molecule is CCOC(=O)C(c1ccc([N+](=O)[O-])cc1C#N)N1C(C)CNCC1C. The number of nitriles is 1. The number of hydrogen-bond acceptors (Lipinski definition) is 7. The van der Waals surface area contributed by atoms with Crippen molar-refractivity contribution in [3.63, 3.8) is 0 Å². The van der Waals surface area contributed by atoms with Crippen LogP contribution in [0.5, 0.6) is 0 Å². The monoisotopic (exact) mass is 346 g/mol. The Morgan fingerprint density at radius 3 is 2.64 bits per heavy atom. The largest absolute Gasteiger partial charge is 0.465 e. The molecule has 0 radical (unpaired) electrons. The van der Waals surface area contributed by atoms with E-state index in [-0.39, 0.29) is 29.9 Å². The molecule has 0 saturated carbocycles. The molecule has 1 aliphatic rings. The third kappa shape index (κ3) is 3.95. The minimum Gasteiger partial charge on any atom is -0.465 e. The van der Waals surface area contributed by atoms with Gasteiger partial charge in [-0.05, 0) is 32.4 Å². The van der Waals surface area contributed by atoms with Gasteiger partial charge < -0.3 is 10.1 Å². The van der Waals surface area contributed by atoms with E-state index in [2.05, 4.69) is 5.32 Å². The van der Waals surface area contributed by atoms with Gasteiger partial charge in [-0.3, -0.25) is 15.0 Å². The van der Waals surface area contributed by atoms with Crippen LogP contribution in [0.15, 0.2) is 18.2 Å². The predicted octanol–water partition coefficient (Wildman–Crippen LogP) is 1.75. The van der Waals surface area contributed by atoms with Crippen molar-refractivity contribution in [2.45, 2.75) is 38.9 Å². The number of nitrogens with one attached hydrogen (secondary N) is 1. The first-order valence-corrected chi connectivity index (χ1v) is 8.23. The van der Waals surface area contributed by atoms with Gasteiger partial charge in [-0.1, -0.05) is 0 Å². The van der Waals surface area contributed by atoms with Crippen molar-refractivity contribution in [3.05, 3.63) is 39.4 Å². The Labute approximate surface area is 146 Å². The third-order valence-corrected chi connectivity index (χ3v) is 4.37. The molecule has 0 spiro atoms. The highest BCUT2D eigenvalue weighted by Gasteiger charge is 2.38. The summed E-state index contributed by atoms with van der Waals surface area (Å²) in [5.41, 5.74) is 0.377. The quantitative estimate of drug-likeness (QED) is 0.491. The number of nitro groups is 1. The number of carbonyl (C=O) groups is 1. The Hall–Kier alpha value is -2.50. The summed E-state index contributed by atoms with van der Waals surface area (Å²) >= 11 is 0. The Bertz CT molecular complexity index is 690. The first kappa shape index (κ1) is 18.8. The molecule has 1 aromatic carbocycles. The van der Waals surface area contributed by atoms with Gasteiger partial charge in [-0.15, -0.1) is 0 Å². The Balaban J connectivity index is 2.54. The van der Waals surface area contributed by atoms with Crippen molar-refractivity contribution in [1.82, 2.24) is 10.2 Å². The van der Waals surface area contributed by atoms with Crippen LogP contribution in [-0.4, -0.2) is 47.6 Å². The second-order valence-electron chi connectivity index (χ2n) is 6.10. The highest BCUT2D eigenvalue weighted by Crippen LogP contribution is 2.32. The van der Waals surface area contributed by atoms with Crippen LogP contribution in [-0.2, 0) is 9.53 Å². The van der Waals surface area contributed by atoms with Gasteiger partial charge in [0.2, 0.25) is 0 Å². The van der Waals surface area contributed by atoms with Gasteiger partial charge in [-0.25, -0.2) is 4.79 Å². The molecule has 0 aromatic heterocycles. The lowest BCUT2D eigenvalue weighted by Crippen LogP contribution is -2.57. The molecule has 134 valence electrons. The first-order chi connectivity index (χ1) is 11.9. The van der Waals surface area contributed by atoms with Crippen LogP contribution in [0.2, 0.25) is 0 Å². The van der Waals surface area contributed by atoms with Crippen LogP contribution >= 0.6 is 0 Å². The Morgan fingerprint density at radius 2 is 2.12 bits per heavy atom. The molecule has 8 nitrogen and oxygen atoms in total. The van der Waals surface area contributed by atoms with Crippen molar-refractivity contribution in [1.29, 1.82) is 5.26 Å². The summed E-state index contributed by atoms with van der Waals surface area (Å²) < 4.78 is 5.24. The summed E-state index contributed by atoms with van der Waals surface area (Å²) in [4.78, 5) is 25.1. The number of benzene rings is 1. The molecule has 2 rings (SSSR count). The maximum Gasteiger partial charge on any atom is 0.328 e. The van der Waals surface area contributed by atoms with E-state index in [4.69, 9.17) is 4.74 Å². The maximum atomic E-state index is 12.7. The molecule has 3 unspecified atom stereocenters. The van der Waals surface area contributed by atoms with E-state index < -0.39 is 16.9 Å². The fraction of sp³-hybridized carbons (Fsp3) is 0.529. The molecule has 25 heavy (non-hydrogen) atoms. The first-order valence-electron chi connectivity index (χ1n) is 8.23. The van der Waals surface area contributed by atoms with Crippen LogP contribution in [0.4, 0.5) is 5.69 Å². The number of non-ortho nitro benzene ring substituents is 1. The van der Waals surface area contributed by atoms with Crippen molar-refractivity contribution in [3.8, 4) is 6.07 Å². The minimum atomic E-state index is -0.775. The number of ether oxygens (including phenoxy) is 1. The molecule has 0 amide bonds. The minimum absolute atomic E-state index is 0.0416. The Morgan fingerprint density at radius 1 is 1.48 bits per heavy atom. The summed E-state index contributed by atoms with van der Waals surface area (Å²) in [6.07, 6.45) is 0. The summed E-state index contributed by atoms with van der Waals surface area (Å²) in [6, 6.07) is 5.30. The van der Waals surface area contributed by atoms with Crippen LogP contribution in [0, 0.1) is 21.4 Å². The molecule has 0 bridgehead atoms. The van der Waals surface area contributed by atoms with Crippen LogP contribution in [0.1, 0.15) is 37.9 Å². The summed E-state index contributed by atoms with van der Waals surface area (Å²) in [7, 11) is 0. The zero-order chi connectivity index (χ0) is 18.6. The number of rotatable bonds is 5. The van der Waals surface area contributed by atoms with Crippen molar-refractivity contribution < 1.29 is 14.5 Å². The van der Waals surface area contributed by atoms with E-state index in [0.717, 1.165) is 0 Å². The van der Waals surface area contributed by atoms with E-state index in [1.54, 1.807) is 6.92 Å². The van der Waals surface area contributed by atoms with Gasteiger partial charge >= 0.3 is 5.97 Å². The lowest BCUT2D eigenvalue weighted by atomic mass is 9.95. The number of carbonyl (C=O) groups excluding carboxylic acids is 1. The van der Waals surface area contributed by atoms with Gasteiger partial charge in [-0.2, -0.15) is 5.26 Å². The van der Waals surface area contributed by atoms with E-state index in [1.807, 2.05) is 24.8 Å². The third-order valence-electron chi connectivity index (χ3n) is 4.37. The van der Waals surface area contributed by atoms with E-state index in [9.17, 15) is 20.2 Å².